The number of aromatic nitrogens is 5. The van der Waals surface area contributed by atoms with Crippen LogP contribution in [-0.4, -0.2) is 43.6 Å². The number of nitrogens with one attached hydrogen (secondary N) is 3. The van der Waals surface area contributed by atoms with Gasteiger partial charge in [0.05, 0.1) is 21.3 Å². The predicted molar refractivity (Wildman–Crippen MR) is 120 cm³/mol. The lowest BCUT2D eigenvalue weighted by Crippen LogP contribution is -2.22. The largest absolute Gasteiger partial charge is 0.467 e. The van der Waals surface area contributed by atoms with Crippen molar-refractivity contribution in [1.29, 1.82) is 0 Å². The van der Waals surface area contributed by atoms with Gasteiger partial charge in [0.2, 0.25) is 11.8 Å². The molecule has 0 aliphatic heterocycles. The van der Waals surface area contributed by atoms with E-state index in [1.165, 1.54) is 12.4 Å². The molecular formula is C20H11Cl2F6N7O2. The molecule has 0 bridgehead atoms. The van der Waals surface area contributed by atoms with Gasteiger partial charge < -0.3 is 20.4 Å². The smallest absolute Gasteiger partial charge is 0.422 e. The number of nitrogens with zero attached hydrogens (tertiary/aromatic N) is 4. The quantitative estimate of drug-likeness (QED) is 0.245. The Kier molecular flexibility index (Phi) is 7.01. The summed E-state index contributed by atoms with van der Waals surface area (Å²) in [6.45, 7) is -1.80. The molecule has 0 aliphatic carbocycles. The van der Waals surface area contributed by atoms with Gasteiger partial charge in [0.1, 0.15) is 16.9 Å². The van der Waals surface area contributed by atoms with E-state index in [4.69, 9.17) is 27.9 Å². The van der Waals surface area contributed by atoms with Crippen molar-refractivity contribution < 1.29 is 35.9 Å². The van der Waals surface area contributed by atoms with Crippen LogP contribution in [0.5, 0.6) is 5.88 Å². The molecule has 3 N–H and O–H groups in total. The van der Waals surface area contributed by atoms with Crippen LogP contribution in [-0.2, 0) is 6.18 Å². The molecule has 0 unspecified atom stereocenters. The third-order valence-corrected chi connectivity index (χ3v) is 5.05. The number of ether oxygens (including phenoxy) is 1. The maximum atomic E-state index is 13.0. The van der Waals surface area contributed by atoms with E-state index in [-0.39, 0.29) is 32.8 Å². The first kappa shape index (κ1) is 26.2. The summed E-state index contributed by atoms with van der Waals surface area (Å²) in [6, 6.07) is 2.27. The fourth-order valence-electron chi connectivity index (χ4n) is 2.91. The second-order valence-electron chi connectivity index (χ2n) is 7.18. The highest BCUT2D eigenvalue weighted by molar-refractivity contribution is 6.39. The number of amides is 1. The van der Waals surface area contributed by atoms with E-state index in [1.54, 1.807) is 0 Å². The summed E-state index contributed by atoms with van der Waals surface area (Å²) in [4.78, 5) is 31.0. The fraction of sp³-hybridized carbons (Fsp3) is 0.150. The van der Waals surface area contributed by atoms with Crippen LogP contribution in [0, 0.1) is 0 Å². The minimum atomic E-state index is -4.78. The molecule has 0 saturated carbocycles. The normalized spacial score (nSPS) is 12.0. The van der Waals surface area contributed by atoms with Gasteiger partial charge in [0, 0.05) is 18.6 Å². The maximum Gasteiger partial charge on any atom is 0.422 e. The van der Waals surface area contributed by atoms with Crippen molar-refractivity contribution in [3.8, 4) is 5.88 Å². The summed E-state index contributed by atoms with van der Waals surface area (Å²) in [5.41, 5.74) is -1.54. The van der Waals surface area contributed by atoms with Gasteiger partial charge in [-0.05, 0) is 18.2 Å². The number of H-pyrrole nitrogens is 1. The number of anilines is 3. The molecule has 4 aromatic rings. The van der Waals surface area contributed by atoms with Crippen molar-refractivity contribution in [1.82, 2.24) is 24.9 Å². The Labute approximate surface area is 212 Å². The molecular weight excluding hydrogens is 555 g/mol. The zero-order valence-corrected chi connectivity index (χ0v) is 19.3. The summed E-state index contributed by atoms with van der Waals surface area (Å²) >= 11 is 12.1. The molecule has 0 aromatic carbocycles. The third-order valence-electron chi connectivity index (χ3n) is 4.48. The molecule has 37 heavy (non-hydrogen) atoms. The van der Waals surface area contributed by atoms with Gasteiger partial charge in [-0.2, -0.15) is 31.3 Å². The number of aromatic amines is 1. The highest BCUT2D eigenvalue weighted by Crippen LogP contribution is 2.33. The number of alkyl halides is 6. The molecule has 17 heteroatoms. The number of rotatable bonds is 6. The average molecular weight is 566 g/mol. The van der Waals surface area contributed by atoms with Crippen molar-refractivity contribution in [3.63, 3.8) is 0 Å². The van der Waals surface area contributed by atoms with Crippen LogP contribution in [0.4, 0.5) is 43.8 Å². The van der Waals surface area contributed by atoms with Gasteiger partial charge in [-0.3, -0.25) is 9.78 Å². The maximum absolute atomic E-state index is 13.0. The van der Waals surface area contributed by atoms with Gasteiger partial charge in [-0.25, -0.2) is 9.97 Å². The van der Waals surface area contributed by atoms with Crippen LogP contribution < -0.4 is 15.4 Å². The first-order valence-corrected chi connectivity index (χ1v) is 10.6. The van der Waals surface area contributed by atoms with Crippen molar-refractivity contribution in [2.24, 2.45) is 0 Å². The van der Waals surface area contributed by atoms with E-state index in [2.05, 4.69) is 35.6 Å². The van der Waals surface area contributed by atoms with Crippen LogP contribution in [0.2, 0.25) is 10.0 Å². The zero-order valence-electron chi connectivity index (χ0n) is 17.8. The molecule has 0 fully saturated rings. The van der Waals surface area contributed by atoms with E-state index in [1.807, 2.05) is 0 Å². The van der Waals surface area contributed by atoms with E-state index in [0.29, 0.717) is 12.1 Å². The summed E-state index contributed by atoms with van der Waals surface area (Å²) in [7, 11) is 0. The SMILES string of the molecule is O=C(Nc1cc(C(F)(F)F)ccn1)c1cc2nc(Nc3c(Cl)cncc3Cl)[nH]c2nc1OCC(F)(F)F. The van der Waals surface area contributed by atoms with Gasteiger partial charge in [-0.15, -0.1) is 0 Å². The number of imidazole rings is 1. The number of pyridine rings is 3. The number of carbonyl (C=O) groups excluding carboxylic acids is 1. The summed E-state index contributed by atoms with van der Waals surface area (Å²) in [5, 5.41) is 5.11. The molecule has 9 nitrogen and oxygen atoms in total. The Bertz CT molecular complexity index is 1460. The van der Waals surface area contributed by atoms with Crippen LogP contribution in [0.3, 0.4) is 0 Å². The van der Waals surface area contributed by atoms with Gasteiger partial charge >= 0.3 is 12.4 Å². The summed E-state index contributed by atoms with van der Waals surface area (Å²) in [5.74, 6) is -2.41. The Hall–Kier alpha value is -3.85. The minimum absolute atomic E-state index is 0.00336. The molecule has 4 aromatic heterocycles. The highest BCUT2D eigenvalue weighted by Gasteiger charge is 2.32. The van der Waals surface area contributed by atoms with Crippen LogP contribution in [0.15, 0.2) is 36.8 Å². The van der Waals surface area contributed by atoms with Crippen molar-refractivity contribution in [2.45, 2.75) is 12.4 Å². The van der Waals surface area contributed by atoms with Crippen molar-refractivity contribution in [2.75, 3.05) is 17.2 Å². The van der Waals surface area contributed by atoms with Gasteiger partial charge in [0.25, 0.3) is 5.91 Å². The molecule has 0 aliphatic rings. The van der Waals surface area contributed by atoms with E-state index >= 15 is 0 Å². The van der Waals surface area contributed by atoms with Gasteiger partial charge in [0.15, 0.2) is 12.3 Å². The van der Waals surface area contributed by atoms with E-state index < -0.39 is 47.7 Å². The lowest BCUT2D eigenvalue weighted by atomic mass is 10.2. The Morgan fingerprint density at radius 1 is 1.05 bits per heavy atom. The number of halogens is 8. The molecule has 1 amide bonds. The molecule has 4 rings (SSSR count). The highest BCUT2D eigenvalue weighted by atomic mass is 35.5. The second kappa shape index (κ2) is 9.89. The average Bonchev–Trinajstić information content (AvgIpc) is 3.20. The van der Waals surface area contributed by atoms with Crippen LogP contribution in [0.25, 0.3) is 11.2 Å². The summed E-state index contributed by atoms with van der Waals surface area (Å²) < 4.78 is 82.0. The molecule has 0 atom stereocenters. The minimum Gasteiger partial charge on any atom is -0.467 e. The topological polar surface area (TPSA) is 118 Å². The Balaban J connectivity index is 1.70. The van der Waals surface area contributed by atoms with E-state index in [9.17, 15) is 31.1 Å². The molecule has 0 radical (unpaired) electrons. The van der Waals surface area contributed by atoms with Crippen LogP contribution >= 0.6 is 23.2 Å². The Morgan fingerprint density at radius 3 is 2.41 bits per heavy atom. The molecule has 194 valence electrons. The lowest BCUT2D eigenvalue weighted by Gasteiger charge is -2.13. The monoisotopic (exact) mass is 565 g/mol. The molecule has 0 spiro atoms. The number of hydrogen-bond donors (Lipinski definition) is 3. The van der Waals surface area contributed by atoms with E-state index in [0.717, 1.165) is 12.3 Å². The van der Waals surface area contributed by atoms with Crippen LogP contribution in [0.1, 0.15) is 15.9 Å². The standard InChI is InChI=1S/C20H11Cl2F6N7O2/c21-10-5-29-6-11(22)14(10)33-18-31-12-4-9(17(34-15(12)35-18)37-7-19(23,24)25)16(36)32-13-3-8(1-2-30-13)20(26,27)28/h1-6H,7H2,(H,30,32,36)(H2,29,31,33,34,35). The lowest BCUT2D eigenvalue weighted by molar-refractivity contribution is -0.154. The number of carbonyl (C=O) groups is 1. The Morgan fingerprint density at radius 2 is 1.76 bits per heavy atom. The second-order valence-corrected chi connectivity index (χ2v) is 8.00. The third kappa shape index (κ3) is 6.29. The first-order valence-electron chi connectivity index (χ1n) is 9.81. The number of fused-ring (bicyclic) bond motifs is 1. The zero-order chi connectivity index (χ0) is 27.0. The molecule has 0 saturated heterocycles. The first-order chi connectivity index (χ1) is 17.3. The molecule has 4 heterocycles. The van der Waals surface area contributed by atoms with Crippen molar-refractivity contribution >= 4 is 57.7 Å². The fourth-order valence-corrected chi connectivity index (χ4v) is 3.37. The van der Waals surface area contributed by atoms with Crippen molar-refractivity contribution in [3.05, 3.63) is 58.0 Å². The summed E-state index contributed by atoms with van der Waals surface area (Å²) in [6.07, 6.45) is -6.10. The predicted octanol–water partition coefficient (Wildman–Crippen LogP) is 6.01. The number of hydrogen-bond acceptors (Lipinski definition) is 7. The van der Waals surface area contributed by atoms with Gasteiger partial charge in [-0.1, -0.05) is 23.2 Å².